The van der Waals surface area contributed by atoms with Crippen LogP contribution in [0.25, 0.3) is 10.4 Å². The quantitative estimate of drug-likeness (QED) is 0.114. The van der Waals surface area contributed by atoms with Gasteiger partial charge >= 0.3 is 0 Å². The summed E-state index contributed by atoms with van der Waals surface area (Å²) in [6.07, 6.45) is 3.52. The van der Waals surface area contributed by atoms with Crippen molar-refractivity contribution in [3.63, 3.8) is 0 Å². The number of likely N-dealkylation sites (N-methyl/N-ethyl adjacent to an activating group) is 2. The van der Waals surface area contributed by atoms with Gasteiger partial charge in [-0.15, -0.1) is 0 Å². The maximum atomic E-state index is 14.4. The lowest BCUT2D eigenvalue weighted by molar-refractivity contribution is 0.104. The number of benzene rings is 3. The molecule has 0 radical (unpaired) electrons. The van der Waals surface area contributed by atoms with Crippen LogP contribution >= 0.6 is 22.7 Å². The number of hydrogen-bond donors (Lipinski definition) is 4. The number of nitrogens with one attached hydrogen (secondary N) is 2. The van der Waals surface area contributed by atoms with E-state index in [1.165, 1.54) is 40.5 Å². The highest BCUT2D eigenvalue weighted by molar-refractivity contribution is 7.20. The van der Waals surface area contributed by atoms with Crippen molar-refractivity contribution in [1.29, 1.82) is 0 Å². The minimum Gasteiger partial charge on any atom is -0.382 e. The third kappa shape index (κ3) is 7.97. The van der Waals surface area contributed by atoms with Crippen molar-refractivity contribution in [3.05, 3.63) is 77.2 Å². The number of carbonyl (C=O) groups excluding carboxylic acids is 1. The van der Waals surface area contributed by atoms with E-state index in [4.69, 9.17) is 16.5 Å². The minimum absolute atomic E-state index is 0.189. The van der Waals surface area contributed by atoms with E-state index < -0.39 is 0 Å². The summed E-state index contributed by atoms with van der Waals surface area (Å²) in [7, 11) is 4.33. The second-order valence-electron chi connectivity index (χ2n) is 14.5. The Kier molecular flexibility index (Phi) is 10.6. The maximum absolute atomic E-state index is 14.4. The lowest BCUT2D eigenvalue weighted by atomic mass is 9.99. The average Bonchev–Trinajstić information content (AvgIpc) is 3.76. The zero-order valence-electron chi connectivity index (χ0n) is 31.1. The maximum Gasteiger partial charge on any atom is 0.207 e. The Morgan fingerprint density at radius 2 is 1.07 bits per heavy atom. The van der Waals surface area contributed by atoms with E-state index in [2.05, 4.69) is 96.7 Å². The molecule has 5 aromatic rings. The van der Waals surface area contributed by atoms with E-state index in [1.54, 1.807) is 0 Å². The molecule has 2 aromatic heterocycles. The molecule has 0 bridgehead atoms. The van der Waals surface area contributed by atoms with Crippen LogP contribution in [0.1, 0.15) is 34.5 Å². The molecule has 3 aliphatic heterocycles. The SMILES string of the molecule is CN1CCN(c2ccc(Nc3nc(N)c(C(=O)c4ccc(N5CCCCC5)cc4-c4sc(Nc5ccc(N6CCN(C)CC6)cc5)nc4N)s3)cc2)CC1. The highest BCUT2D eigenvalue weighted by atomic mass is 32.1. The predicted molar refractivity (Wildman–Crippen MR) is 227 cm³/mol. The molecule has 3 aliphatic rings. The molecule has 0 aliphatic carbocycles. The van der Waals surface area contributed by atoms with Crippen molar-refractivity contribution >= 4 is 78.8 Å². The molecule has 0 unspecified atom stereocenters. The Bertz CT molecular complexity index is 2060. The molecule has 0 saturated carbocycles. The molecule has 12 nitrogen and oxygen atoms in total. The molecular formula is C40H49N11OS2. The van der Waals surface area contributed by atoms with Crippen LogP contribution in [0.5, 0.6) is 0 Å². The zero-order chi connectivity index (χ0) is 37.2. The van der Waals surface area contributed by atoms with Crippen molar-refractivity contribution in [3.8, 4) is 10.4 Å². The molecule has 54 heavy (non-hydrogen) atoms. The van der Waals surface area contributed by atoms with Gasteiger partial charge in [-0.2, -0.15) is 0 Å². The third-order valence-corrected chi connectivity index (χ3v) is 12.7. The number of nitrogens with zero attached hydrogens (tertiary/aromatic N) is 7. The van der Waals surface area contributed by atoms with E-state index in [0.717, 1.165) is 106 Å². The number of piperazine rings is 2. The lowest BCUT2D eigenvalue weighted by Crippen LogP contribution is -2.44. The van der Waals surface area contributed by atoms with Gasteiger partial charge in [-0.05, 0) is 100 Å². The molecular weight excluding hydrogens is 715 g/mol. The highest BCUT2D eigenvalue weighted by Crippen LogP contribution is 2.42. The first-order valence-corrected chi connectivity index (χ1v) is 20.5. The zero-order valence-corrected chi connectivity index (χ0v) is 32.7. The fraction of sp³-hybridized carbons (Fsp3) is 0.375. The molecule has 5 heterocycles. The topological polar surface area (TPSA) is 135 Å². The molecule has 282 valence electrons. The Hall–Kier alpha value is -4.89. The first-order valence-electron chi connectivity index (χ1n) is 18.9. The van der Waals surface area contributed by atoms with Crippen LogP contribution in [-0.4, -0.2) is 105 Å². The normalized spacial score (nSPS) is 17.2. The van der Waals surface area contributed by atoms with Crippen LogP contribution in [-0.2, 0) is 0 Å². The number of hydrogen-bond acceptors (Lipinski definition) is 14. The summed E-state index contributed by atoms with van der Waals surface area (Å²) in [5.41, 5.74) is 19.7. The number of rotatable bonds is 10. The van der Waals surface area contributed by atoms with Crippen molar-refractivity contribution in [2.75, 3.05) is 116 Å². The van der Waals surface area contributed by atoms with Crippen LogP contribution in [0.15, 0.2) is 66.7 Å². The predicted octanol–water partition coefficient (Wildman–Crippen LogP) is 6.64. The van der Waals surface area contributed by atoms with Crippen molar-refractivity contribution < 1.29 is 4.79 Å². The van der Waals surface area contributed by atoms with E-state index in [1.807, 2.05) is 24.3 Å². The standard InChI is InChI=1S/C40H49N11OS2/c1-47-18-22-50(23-19-47)29-10-6-27(7-11-29)43-39-45-37(41)35(53-39)33-26-31(49-16-4-3-5-17-49)14-15-32(33)34(52)36-38(42)46-40(54-36)44-28-8-12-30(13-9-28)51-24-20-48(2)21-25-51/h6-15,26H,3-5,16-25,41-42H2,1-2H3,(H,43,45)(H,44,46). The van der Waals surface area contributed by atoms with Crippen molar-refractivity contribution in [1.82, 2.24) is 19.8 Å². The largest absolute Gasteiger partial charge is 0.382 e. The van der Waals surface area contributed by atoms with Crippen LogP contribution in [0.3, 0.4) is 0 Å². The van der Waals surface area contributed by atoms with Crippen LogP contribution < -0.4 is 36.8 Å². The van der Waals surface area contributed by atoms with Gasteiger partial charge < -0.3 is 46.6 Å². The van der Waals surface area contributed by atoms with E-state index in [9.17, 15) is 4.79 Å². The molecule has 0 atom stereocenters. The number of anilines is 9. The van der Waals surface area contributed by atoms with Crippen molar-refractivity contribution in [2.45, 2.75) is 19.3 Å². The van der Waals surface area contributed by atoms with Crippen molar-refractivity contribution in [2.24, 2.45) is 0 Å². The number of piperidine rings is 1. The smallest absolute Gasteiger partial charge is 0.207 e. The number of aromatic nitrogens is 2. The molecule has 0 spiro atoms. The second-order valence-corrected chi connectivity index (χ2v) is 16.5. The van der Waals surface area contributed by atoms with Gasteiger partial charge in [0.2, 0.25) is 5.78 Å². The van der Waals surface area contributed by atoms with Gasteiger partial charge in [-0.1, -0.05) is 22.7 Å². The van der Waals surface area contributed by atoms with Crippen LogP contribution in [0.2, 0.25) is 0 Å². The summed E-state index contributed by atoms with van der Waals surface area (Å²) >= 11 is 2.71. The van der Waals surface area contributed by atoms with Crippen LogP contribution in [0, 0.1) is 0 Å². The Labute approximate surface area is 325 Å². The fourth-order valence-corrected chi connectivity index (χ4v) is 9.20. The first kappa shape index (κ1) is 36.1. The van der Waals surface area contributed by atoms with E-state index in [0.29, 0.717) is 26.5 Å². The Morgan fingerprint density at radius 1 is 0.593 bits per heavy atom. The van der Waals surface area contributed by atoms with Gasteiger partial charge in [-0.25, -0.2) is 9.97 Å². The van der Waals surface area contributed by atoms with E-state index in [-0.39, 0.29) is 11.6 Å². The summed E-state index contributed by atoms with van der Waals surface area (Å²) in [4.78, 5) is 36.7. The first-order chi connectivity index (χ1) is 26.3. The number of thiazole rings is 2. The number of carbonyl (C=O) groups is 1. The summed E-state index contributed by atoms with van der Waals surface area (Å²) in [5.74, 6) is 0.388. The molecule has 3 saturated heterocycles. The van der Waals surface area contributed by atoms with Crippen LogP contribution in [0.4, 0.5) is 50.3 Å². The second kappa shape index (κ2) is 15.8. The summed E-state index contributed by atoms with van der Waals surface area (Å²) in [6, 6.07) is 22.8. The van der Waals surface area contributed by atoms with Gasteiger partial charge in [-0.3, -0.25) is 4.79 Å². The van der Waals surface area contributed by atoms with Gasteiger partial charge in [0.1, 0.15) is 16.5 Å². The van der Waals surface area contributed by atoms with Gasteiger partial charge in [0, 0.05) is 105 Å². The molecule has 3 aromatic carbocycles. The Balaban J connectivity index is 1.03. The Morgan fingerprint density at radius 3 is 1.63 bits per heavy atom. The van der Waals surface area contributed by atoms with Gasteiger partial charge in [0.25, 0.3) is 0 Å². The number of nitrogens with two attached hydrogens (primary N) is 2. The summed E-state index contributed by atoms with van der Waals surface area (Å²) in [5, 5.41) is 8.05. The minimum atomic E-state index is -0.189. The molecule has 3 fully saturated rings. The van der Waals surface area contributed by atoms with Gasteiger partial charge in [0.05, 0.1) is 4.88 Å². The van der Waals surface area contributed by atoms with Gasteiger partial charge in [0.15, 0.2) is 10.3 Å². The average molecular weight is 764 g/mol. The summed E-state index contributed by atoms with van der Waals surface area (Å²) < 4.78 is 0. The molecule has 8 rings (SSSR count). The fourth-order valence-electron chi connectivity index (χ4n) is 7.40. The lowest BCUT2D eigenvalue weighted by Gasteiger charge is -2.34. The monoisotopic (exact) mass is 763 g/mol. The third-order valence-electron chi connectivity index (χ3n) is 10.7. The molecule has 14 heteroatoms. The van der Waals surface area contributed by atoms with E-state index >= 15 is 0 Å². The number of ketones is 1. The summed E-state index contributed by atoms with van der Waals surface area (Å²) in [6.45, 7) is 10.2. The molecule has 6 N–H and O–H groups in total. The molecule has 0 amide bonds. The highest BCUT2D eigenvalue weighted by Gasteiger charge is 2.26. The number of nitrogen functional groups attached to an aromatic ring is 2.